The third kappa shape index (κ3) is 2.19. The number of hydrogen-bond donors (Lipinski definition) is 1. The van der Waals surface area contributed by atoms with E-state index in [0.717, 1.165) is 22.5 Å². The maximum absolute atomic E-state index is 4.71. The van der Waals surface area contributed by atoms with Gasteiger partial charge in [-0.2, -0.15) is 10.1 Å². The lowest BCUT2D eigenvalue weighted by Crippen LogP contribution is -2.04. The topological polar surface area (TPSA) is 55.6 Å². The molecule has 21 heavy (non-hydrogen) atoms. The molecule has 0 aromatic carbocycles. The molecule has 108 valence electrons. The Morgan fingerprint density at radius 2 is 2.24 bits per heavy atom. The molecule has 1 aliphatic rings. The molecule has 3 aromatic heterocycles. The molecular weight excluding hydrogens is 282 g/mol. The van der Waals surface area contributed by atoms with Crippen LogP contribution in [0.3, 0.4) is 0 Å². The molecule has 0 saturated heterocycles. The Hall–Kier alpha value is -1.95. The Balaban J connectivity index is 1.89. The van der Waals surface area contributed by atoms with Crippen LogP contribution >= 0.6 is 11.3 Å². The second-order valence-corrected chi connectivity index (χ2v) is 6.48. The van der Waals surface area contributed by atoms with E-state index in [9.17, 15) is 0 Å². The van der Waals surface area contributed by atoms with Crippen molar-refractivity contribution in [1.82, 2.24) is 19.7 Å². The van der Waals surface area contributed by atoms with Gasteiger partial charge in [0.1, 0.15) is 4.83 Å². The number of hydrogen-bond acceptors (Lipinski definition) is 5. The SMILES string of the molecule is CCc1cc2c(-n3ccc(C4CC4)n3)nc(NC)nc2s1. The Morgan fingerprint density at radius 3 is 2.95 bits per heavy atom. The first-order chi connectivity index (χ1) is 10.3. The maximum atomic E-state index is 4.71. The number of rotatable bonds is 4. The van der Waals surface area contributed by atoms with E-state index in [1.54, 1.807) is 11.3 Å². The van der Waals surface area contributed by atoms with E-state index in [1.165, 1.54) is 23.4 Å². The van der Waals surface area contributed by atoms with Crippen molar-refractivity contribution in [2.75, 3.05) is 12.4 Å². The molecule has 0 bridgehead atoms. The molecule has 0 spiro atoms. The van der Waals surface area contributed by atoms with Gasteiger partial charge in [-0.15, -0.1) is 11.3 Å². The smallest absolute Gasteiger partial charge is 0.225 e. The summed E-state index contributed by atoms with van der Waals surface area (Å²) < 4.78 is 1.89. The molecule has 0 aliphatic heterocycles. The lowest BCUT2D eigenvalue weighted by molar-refractivity contribution is 0.818. The van der Waals surface area contributed by atoms with Gasteiger partial charge in [0, 0.05) is 24.0 Å². The van der Waals surface area contributed by atoms with Gasteiger partial charge in [-0.1, -0.05) is 6.92 Å². The number of nitrogens with zero attached hydrogens (tertiary/aromatic N) is 4. The van der Waals surface area contributed by atoms with Crippen molar-refractivity contribution >= 4 is 27.5 Å². The number of nitrogens with one attached hydrogen (secondary N) is 1. The van der Waals surface area contributed by atoms with Crippen LogP contribution in [0.25, 0.3) is 16.0 Å². The highest BCUT2D eigenvalue weighted by atomic mass is 32.1. The maximum Gasteiger partial charge on any atom is 0.225 e. The zero-order chi connectivity index (χ0) is 14.4. The lowest BCUT2D eigenvalue weighted by Gasteiger charge is -2.05. The highest BCUT2D eigenvalue weighted by molar-refractivity contribution is 7.18. The first-order valence-electron chi connectivity index (χ1n) is 7.32. The van der Waals surface area contributed by atoms with Crippen molar-refractivity contribution in [3.8, 4) is 5.82 Å². The molecule has 4 rings (SSSR count). The number of aryl methyl sites for hydroxylation is 1. The van der Waals surface area contributed by atoms with Gasteiger partial charge in [-0.05, 0) is 31.4 Å². The molecule has 6 heteroatoms. The van der Waals surface area contributed by atoms with Crippen molar-refractivity contribution in [2.45, 2.75) is 32.1 Å². The summed E-state index contributed by atoms with van der Waals surface area (Å²) in [5, 5.41) is 8.83. The molecule has 3 aromatic rings. The lowest BCUT2D eigenvalue weighted by atomic mass is 10.3. The van der Waals surface area contributed by atoms with Crippen molar-refractivity contribution < 1.29 is 0 Å². The molecule has 1 N–H and O–H groups in total. The Kier molecular flexibility index (Phi) is 2.92. The second kappa shape index (κ2) is 4.80. The Bertz CT molecular complexity index is 800. The monoisotopic (exact) mass is 299 g/mol. The summed E-state index contributed by atoms with van der Waals surface area (Å²) in [6.45, 7) is 2.16. The van der Waals surface area contributed by atoms with Gasteiger partial charge in [0.25, 0.3) is 0 Å². The molecule has 0 atom stereocenters. The van der Waals surface area contributed by atoms with Crippen molar-refractivity contribution in [1.29, 1.82) is 0 Å². The number of anilines is 1. The van der Waals surface area contributed by atoms with Gasteiger partial charge < -0.3 is 5.32 Å². The van der Waals surface area contributed by atoms with Crippen LogP contribution in [0.4, 0.5) is 5.95 Å². The van der Waals surface area contributed by atoms with Crippen LogP contribution < -0.4 is 5.32 Å². The largest absolute Gasteiger partial charge is 0.357 e. The average molecular weight is 299 g/mol. The van der Waals surface area contributed by atoms with Gasteiger partial charge in [-0.3, -0.25) is 0 Å². The van der Waals surface area contributed by atoms with Crippen LogP contribution in [0.1, 0.15) is 36.3 Å². The van der Waals surface area contributed by atoms with Gasteiger partial charge in [-0.25, -0.2) is 9.67 Å². The highest BCUT2D eigenvalue weighted by Crippen LogP contribution is 2.39. The van der Waals surface area contributed by atoms with E-state index in [2.05, 4.69) is 34.3 Å². The average Bonchev–Trinajstić information content (AvgIpc) is 3.10. The molecule has 1 fully saturated rings. The summed E-state index contributed by atoms with van der Waals surface area (Å²) in [4.78, 5) is 11.5. The predicted octanol–water partition coefficient (Wildman–Crippen LogP) is 3.36. The van der Waals surface area contributed by atoms with Gasteiger partial charge in [0.15, 0.2) is 5.82 Å². The minimum atomic E-state index is 0.644. The Morgan fingerprint density at radius 1 is 1.38 bits per heavy atom. The summed E-state index contributed by atoms with van der Waals surface area (Å²) in [7, 11) is 1.85. The van der Waals surface area contributed by atoms with E-state index in [0.29, 0.717) is 11.9 Å². The fourth-order valence-corrected chi connectivity index (χ4v) is 3.43. The zero-order valence-electron chi connectivity index (χ0n) is 12.1. The molecule has 0 amide bonds. The minimum absolute atomic E-state index is 0.644. The van der Waals surface area contributed by atoms with Gasteiger partial charge in [0.2, 0.25) is 5.95 Å². The summed E-state index contributed by atoms with van der Waals surface area (Å²) in [5.74, 6) is 2.17. The van der Waals surface area contributed by atoms with Crippen LogP contribution in [0.2, 0.25) is 0 Å². The van der Waals surface area contributed by atoms with Crippen LogP contribution in [0.15, 0.2) is 18.3 Å². The normalized spacial score (nSPS) is 14.8. The van der Waals surface area contributed by atoms with Crippen LogP contribution in [-0.4, -0.2) is 26.8 Å². The van der Waals surface area contributed by atoms with Gasteiger partial charge in [0.05, 0.1) is 11.1 Å². The van der Waals surface area contributed by atoms with Crippen LogP contribution in [0, 0.1) is 0 Å². The van der Waals surface area contributed by atoms with E-state index >= 15 is 0 Å². The fraction of sp³-hybridized carbons (Fsp3) is 0.400. The van der Waals surface area contributed by atoms with Crippen molar-refractivity contribution in [3.05, 3.63) is 28.9 Å². The molecule has 3 heterocycles. The number of thiophene rings is 1. The molecule has 1 aliphatic carbocycles. The van der Waals surface area contributed by atoms with E-state index in [4.69, 9.17) is 5.10 Å². The van der Waals surface area contributed by atoms with Crippen molar-refractivity contribution in [3.63, 3.8) is 0 Å². The fourth-order valence-electron chi connectivity index (χ4n) is 2.47. The summed E-state index contributed by atoms with van der Waals surface area (Å²) in [6.07, 6.45) is 5.55. The first-order valence-corrected chi connectivity index (χ1v) is 8.14. The molecule has 0 unspecified atom stereocenters. The number of fused-ring (bicyclic) bond motifs is 1. The summed E-state index contributed by atoms with van der Waals surface area (Å²) in [5.41, 5.74) is 1.18. The first kappa shape index (κ1) is 12.8. The van der Waals surface area contributed by atoms with Crippen LogP contribution in [0.5, 0.6) is 0 Å². The van der Waals surface area contributed by atoms with E-state index in [1.807, 2.05) is 17.9 Å². The van der Waals surface area contributed by atoms with Crippen LogP contribution in [-0.2, 0) is 6.42 Å². The molecule has 5 nitrogen and oxygen atoms in total. The van der Waals surface area contributed by atoms with Gasteiger partial charge >= 0.3 is 0 Å². The molecule has 1 saturated carbocycles. The zero-order valence-corrected chi connectivity index (χ0v) is 12.9. The number of aromatic nitrogens is 4. The third-order valence-electron chi connectivity index (χ3n) is 3.82. The predicted molar refractivity (Wildman–Crippen MR) is 85.4 cm³/mol. The minimum Gasteiger partial charge on any atom is -0.357 e. The van der Waals surface area contributed by atoms with E-state index < -0.39 is 0 Å². The molecule has 0 radical (unpaired) electrons. The second-order valence-electron chi connectivity index (χ2n) is 5.37. The Labute approximate surface area is 127 Å². The summed E-state index contributed by atoms with van der Waals surface area (Å²) in [6, 6.07) is 4.30. The third-order valence-corrected chi connectivity index (χ3v) is 4.99. The molecular formula is C15H17N5S. The standard InChI is InChI=1S/C15H17N5S/c1-3-10-8-11-13(17-15(16-2)18-14(11)21-10)20-7-6-12(19-20)9-4-5-9/h6-9H,3-5H2,1-2H3,(H,16,17,18). The summed E-state index contributed by atoms with van der Waals surface area (Å²) >= 11 is 1.73. The highest BCUT2D eigenvalue weighted by Gasteiger charge is 2.26. The quantitative estimate of drug-likeness (QED) is 0.802. The van der Waals surface area contributed by atoms with Crippen molar-refractivity contribution in [2.24, 2.45) is 0 Å². The van der Waals surface area contributed by atoms with E-state index in [-0.39, 0.29) is 0 Å².